The molecule has 3 aliphatic heterocycles. The largest absolute Gasteiger partial charge is 0.289 e. The quantitative estimate of drug-likeness (QED) is 0.350. The zero-order chi connectivity index (χ0) is 26.8. The molecular weight excluding hydrogens is 506 g/mol. The molecule has 0 unspecified atom stereocenters. The van der Waals surface area contributed by atoms with Crippen molar-refractivity contribution in [2.24, 2.45) is 0 Å². The van der Waals surface area contributed by atoms with Gasteiger partial charge in [0, 0.05) is 60.4 Å². The molecule has 35 heavy (non-hydrogen) atoms. The fourth-order valence-corrected chi connectivity index (χ4v) is 3.55. The number of nitrogens with zero attached hydrogens (tertiary/aromatic N) is 2. The van der Waals surface area contributed by atoms with Crippen molar-refractivity contribution in [3.05, 3.63) is 60.4 Å². The van der Waals surface area contributed by atoms with Crippen molar-refractivity contribution in [3.63, 3.8) is 0 Å². The number of hydrogen-bond acceptors (Lipinski definition) is 10. The van der Waals surface area contributed by atoms with E-state index in [0.29, 0.717) is 0 Å². The summed E-state index contributed by atoms with van der Waals surface area (Å²) in [6.07, 6.45) is 6.68. The van der Waals surface area contributed by atoms with Gasteiger partial charge in [-0.1, -0.05) is 13.2 Å². The van der Waals surface area contributed by atoms with Crippen LogP contribution in [-0.4, -0.2) is 86.7 Å². The number of rotatable bonds is 8. The van der Waals surface area contributed by atoms with Crippen LogP contribution in [0, 0.1) is 0 Å². The molecule has 3 heterocycles. The van der Waals surface area contributed by atoms with E-state index in [2.05, 4.69) is 13.2 Å². The van der Waals surface area contributed by atoms with Crippen molar-refractivity contribution in [2.75, 3.05) is 24.6 Å². The lowest BCUT2D eigenvalue weighted by molar-refractivity contribution is -0.137. The lowest BCUT2D eigenvalue weighted by Crippen LogP contribution is -2.38. The van der Waals surface area contributed by atoms with Crippen molar-refractivity contribution in [3.8, 4) is 0 Å². The Balaban J connectivity index is 0.000000356. The van der Waals surface area contributed by atoms with Gasteiger partial charge in [-0.25, -0.2) is 16.8 Å². The van der Waals surface area contributed by atoms with Crippen LogP contribution in [0.2, 0.25) is 0 Å². The highest BCUT2D eigenvalue weighted by molar-refractivity contribution is 7.97. The Morgan fingerprint density at radius 3 is 1.14 bits per heavy atom. The number of hydrogen-bond donors (Lipinski definition) is 1. The molecule has 15 heteroatoms. The molecule has 0 aromatic rings. The van der Waals surface area contributed by atoms with Gasteiger partial charge in [0.25, 0.3) is 35.4 Å². The summed E-state index contributed by atoms with van der Waals surface area (Å²) in [5.74, 6) is -3.68. The van der Waals surface area contributed by atoms with Gasteiger partial charge < -0.3 is 0 Å². The second-order valence-electron chi connectivity index (χ2n) is 6.58. The molecule has 6 amide bonds. The first-order valence-electron chi connectivity index (χ1n) is 9.52. The maximum absolute atomic E-state index is 11.8. The third-order valence-electron chi connectivity index (χ3n) is 4.15. The second kappa shape index (κ2) is 12.5. The molecule has 0 radical (unpaired) electrons. The van der Waals surface area contributed by atoms with E-state index < -0.39 is 54.8 Å². The van der Waals surface area contributed by atoms with Gasteiger partial charge in [0.1, 0.15) is 0 Å². The number of imide groups is 3. The molecule has 0 bridgehead atoms. The van der Waals surface area contributed by atoms with E-state index in [0.717, 1.165) is 44.9 Å². The SMILES string of the molecule is C=CS(=O)(=O)C=C.O=C1C=CC(=O)N1.O=C1C=CC(=O)N1CCS(=O)(=O)CCN1C(=O)C=CC1=O. The minimum Gasteiger partial charge on any atom is -0.289 e. The van der Waals surface area contributed by atoms with Crippen molar-refractivity contribution in [2.45, 2.75) is 0 Å². The van der Waals surface area contributed by atoms with Crippen molar-refractivity contribution in [1.29, 1.82) is 0 Å². The minimum absolute atomic E-state index is 0.243. The molecule has 3 aliphatic rings. The summed E-state index contributed by atoms with van der Waals surface area (Å²) in [5.41, 5.74) is 0. The van der Waals surface area contributed by atoms with Crippen LogP contribution < -0.4 is 5.32 Å². The zero-order valence-electron chi connectivity index (χ0n) is 18.2. The van der Waals surface area contributed by atoms with E-state index in [1.165, 1.54) is 12.2 Å². The lowest BCUT2D eigenvalue weighted by Gasteiger charge is -2.16. The van der Waals surface area contributed by atoms with E-state index >= 15 is 0 Å². The first-order chi connectivity index (χ1) is 16.2. The Hall–Kier alpha value is -3.98. The third-order valence-corrected chi connectivity index (χ3v) is 6.69. The highest BCUT2D eigenvalue weighted by Crippen LogP contribution is 2.07. The first-order valence-corrected chi connectivity index (χ1v) is 12.9. The van der Waals surface area contributed by atoms with Crippen LogP contribution in [0.25, 0.3) is 0 Å². The summed E-state index contributed by atoms with van der Waals surface area (Å²) in [6.45, 7) is 5.60. The molecule has 0 atom stereocenters. The lowest BCUT2D eigenvalue weighted by atomic mass is 10.5. The summed E-state index contributed by atoms with van der Waals surface area (Å²) >= 11 is 0. The third kappa shape index (κ3) is 9.81. The van der Waals surface area contributed by atoms with Crippen LogP contribution in [-0.2, 0) is 48.4 Å². The Labute approximate surface area is 201 Å². The standard InChI is InChI=1S/C12H12N2O6S.C4H3NO2.C4H6O2S/c15-9-1-2-10(16)13(9)5-7-21(19,20)8-6-14-11(17)3-4-12(14)18;6-3-1-2-4(7)5-3;1-3-7(5,6)4-2/h1-4H,5-8H2;1-2H,(H,5,6,7);3-4H,1-2H2. The topological polar surface area (TPSA) is 189 Å². The minimum atomic E-state index is -3.60. The Morgan fingerprint density at radius 1 is 0.629 bits per heavy atom. The molecule has 0 aromatic carbocycles. The predicted molar refractivity (Wildman–Crippen MR) is 122 cm³/mol. The smallest absolute Gasteiger partial charge is 0.253 e. The monoisotopic (exact) mass is 527 g/mol. The number of sulfone groups is 2. The second-order valence-corrected chi connectivity index (χ2v) is 10.7. The van der Waals surface area contributed by atoms with Crippen LogP contribution in [0.15, 0.2) is 60.4 Å². The Kier molecular flexibility index (Phi) is 10.4. The fraction of sp³-hybridized carbons (Fsp3) is 0.200. The molecule has 13 nitrogen and oxygen atoms in total. The van der Waals surface area contributed by atoms with Crippen LogP contribution in [0.5, 0.6) is 0 Å². The van der Waals surface area contributed by atoms with Crippen molar-refractivity contribution < 1.29 is 45.6 Å². The van der Waals surface area contributed by atoms with E-state index in [-0.39, 0.29) is 24.9 Å². The number of nitrogens with one attached hydrogen (secondary N) is 1. The maximum atomic E-state index is 11.8. The van der Waals surface area contributed by atoms with E-state index in [1.807, 2.05) is 5.32 Å². The molecule has 0 saturated heterocycles. The molecule has 0 aliphatic carbocycles. The van der Waals surface area contributed by atoms with Gasteiger partial charge in [0.2, 0.25) is 0 Å². The Bertz CT molecular complexity index is 1140. The average molecular weight is 528 g/mol. The molecule has 188 valence electrons. The summed E-state index contributed by atoms with van der Waals surface area (Å²) in [5, 5.41) is 3.72. The highest BCUT2D eigenvalue weighted by atomic mass is 32.2. The van der Waals surface area contributed by atoms with Gasteiger partial charge in [0.05, 0.1) is 11.5 Å². The number of carbonyl (C=O) groups is 6. The number of amides is 6. The molecule has 0 saturated carbocycles. The van der Waals surface area contributed by atoms with Gasteiger partial charge in [-0.05, 0) is 0 Å². The van der Waals surface area contributed by atoms with Gasteiger partial charge >= 0.3 is 0 Å². The van der Waals surface area contributed by atoms with Crippen LogP contribution in [0.1, 0.15) is 0 Å². The van der Waals surface area contributed by atoms with E-state index in [1.54, 1.807) is 0 Å². The molecule has 0 aromatic heterocycles. The normalized spacial score (nSPS) is 16.7. The van der Waals surface area contributed by atoms with Crippen molar-refractivity contribution in [1.82, 2.24) is 15.1 Å². The molecule has 0 fully saturated rings. The Morgan fingerprint density at radius 2 is 0.943 bits per heavy atom. The van der Waals surface area contributed by atoms with Crippen LogP contribution in [0.4, 0.5) is 0 Å². The molecular formula is C20H21N3O10S2. The van der Waals surface area contributed by atoms with E-state index in [4.69, 9.17) is 0 Å². The van der Waals surface area contributed by atoms with E-state index in [9.17, 15) is 45.6 Å². The number of carbonyl (C=O) groups excluding carboxylic acids is 6. The first kappa shape index (κ1) is 29.1. The van der Waals surface area contributed by atoms with Crippen LogP contribution >= 0.6 is 0 Å². The average Bonchev–Trinajstić information content (AvgIpc) is 3.44. The summed E-state index contributed by atoms with van der Waals surface area (Å²) in [4.78, 5) is 66.8. The van der Waals surface area contributed by atoms with Gasteiger partial charge in [0.15, 0.2) is 19.7 Å². The van der Waals surface area contributed by atoms with Gasteiger partial charge in [-0.2, -0.15) is 0 Å². The van der Waals surface area contributed by atoms with Crippen LogP contribution in [0.3, 0.4) is 0 Å². The van der Waals surface area contributed by atoms with Gasteiger partial charge in [-0.3, -0.25) is 43.9 Å². The summed E-state index contributed by atoms with van der Waals surface area (Å²) < 4.78 is 43.9. The fourth-order valence-electron chi connectivity index (χ4n) is 2.29. The maximum Gasteiger partial charge on any atom is 0.253 e. The van der Waals surface area contributed by atoms with Crippen molar-refractivity contribution >= 4 is 55.1 Å². The molecule has 0 spiro atoms. The summed E-state index contributed by atoms with van der Waals surface area (Å²) in [6, 6.07) is 0. The highest BCUT2D eigenvalue weighted by Gasteiger charge is 2.27. The predicted octanol–water partition coefficient (Wildman–Crippen LogP) is -1.86. The van der Waals surface area contributed by atoms with Gasteiger partial charge in [-0.15, -0.1) is 0 Å². The molecule has 1 N–H and O–H groups in total. The zero-order valence-corrected chi connectivity index (χ0v) is 19.8. The summed E-state index contributed by atoms with van der Waals surface area (Å²) in [7, 11) is -6.73. The molecule has 3 rings (SSSR count).